The van der Waals surface area contributed by atoms with Crippen LogP contribution < -0.4 is 9.13 Å². The van der Waals surface area contributed by atoms with Crippen molar-refractivity contribution in [1.82, 2.24) is 9.13 Å². The van der Waals surface area contributed by atoms with Gasteiger partial charge in [-0.1, -0.05) is 142 Å². The first-order chi connectivity index (χ1) is 23.3. The van der Waals surface area contributed by atoms with Crippen LogP contribution in [0.3, 0.4) is 0 Å². The van der Waals surface area contributed by atoms with E-state index in [1.165, 1.54) is 154 Å². The van der Waals surface area contributed by atoms with Crippen molar-refractivity contribution < 1.29 is 18.6 Å². The topological polar surface area (TPSA) is 36.1 Å². The number of hydrogen-bond acceptors (Lipinski definition) is 2. The molecule has 2 aromatic heterocycles. The zero-order valence-electron chi connectivity index (χ0n) is 31.4. The molecule has 2 heterocycles. The summed E-state index contributed by atoms with van der Waals surface area (Å²) in [5.41, 5.74) is 0. The van der Waals surface area contributed by atoms with E-state index < -0.39 is 0 Å². The second-order valence-corrected chi connectivity index (χ2v) is 14.2. The fourth-order valence-corrected chi connectivity index (χ4v) is 6.49. The average Bonchev–Trinajstić information content (AvgIpc) is 3.74. The van der Waals surface area contributed by atoms with Crippen molar-refractivity contribution in [1.29, 1.82) is 0 Å². The quantitative estimate of drug-likeness (QED) is 0.0539. The largest absolute Gasteiger partial charge is 0.342 e. The molecular weight excluding hydrogens is 580 g/mol. The number of imidazole rings is 2. The van der Waals surface area contributed by atoms with E-state index in [9.17, 15) is 0 Å². The molecule has 0 aliphatic heterocycles. The third-order valence-electron chi connectivity index (χ3n) is 9.59. The fourth-order valence-electron chi connectivity index (χ4n) is 6.49. The van der Waals surface area contributed by atoms with Crippen molar-refractivity contribution in [2.24, 2.45) is 0 Å². The maximum atomic E-state index is 5.91. The van der Waals surface area contributed by atoms with E-state index in [-0.39, 0.29) is 0 Å². The van der Waals surface area contributed by atoms with Gasteiger partial charge in [-0.25, -0.2) is 18.3 Å². The van der Waals surface area contributed by atoms with E-state index >= 15 is 0 Å². The number of aromatic nitrogens is 4. The van der Waals surface area contributed by atoms with E-state index in [2.05, 4.69) is 69.6 Å². The molecule has 6 nitrogen and oxygen atoms in total. The Morgan fingerprint density at radius 3 is 1.02 bits per heavy atom. The summed E-state index contributed by atoms with van der Waals surface area (Å²) in [5, 5.41) is 0. The summed E-state index contributed by atoms with van der Waals surface area (Å²) in [6.45, 7) is 9.75. The Hall–Kier alpha value is -1.66. The minimum absolute atomic E-state index is 0.648. The lowest BCUT2D eigenvalue weighted by molar-refractivity contribution is -0.732. The minimum atomic E-state index is 0.648. The van der Waals surface area contributed by atoms with Crippen molar-refractivity contribution >= 4 is 0 Å². The molecule has 272 valence electrons. The average molecular weight is 659 g/mol. The van der Waals surface area contributed by atoms with Gasteiger partial charge in [0.05, 0.1) is 26.3 Å². The first-order valence-corrected chi connectivity index (χ1v) is 20.6. The number of unbranched alkanes of at least 4 members (excludes halogenated alkanes) is 24. The SMILES string of the molecule is CCCCCCCCCCCCCCn1cc[n+](COCCCCCOC[n+]2ccn(CCCCCCCCCCCCCC)c2)c1. The van der Waals surface area contributed by atoms with Gasteiger partial charge in [-0.15, -0.1) is 0 Å². The van der Waals surface area contributed by atoms with Crippen LogP contribution in [-0.4, -0.2) is 22.3 Å². The lowest BCUT2D eigenvalue weighted by atomic mass is 10.1. The van der Waals surface area contributed by atoms with Gasteiger partial charge in [0.1, 0.15) is 24.8 Å². The lowest BCUT2D eigenvalue weighted by Crippen LogP contribution is -2.33. The van der Waals surface area contributed by atoms with Crippen LogP contribution in [0.2, 0.25) is 0 Å². The summed E-state index contributed by atoms with van der Waals surface area (Å²) in [5.74, 6) is 0. The predicted octanol–water partition coefficient (Wildman–Crippen LogP) is 11.1. The van der Waals surface area contributed by atoms with Crippen molar-refractivity contribution in [3.05, 3.63) is 37.4 Å². The molecule has 6 heteroatoms. The Labute approximate surface area is 291 Å². The third-order valence-corrected chi connectivity index (χ3v) is 9.59. The summed E-state index contributed by atoms with van der Waals surface area (Å²) in [4.78, 5) is 0. The number of nitrogens with zero attached hydrogens (tertiary/aromatic N) is 4. The molecule has 0 spiro atoms. The van der Waals surface area contributed by atoms with Gasteiger partial charge in [-0.2, -0.15) is 0 Å². The number of aryl methyl sites for hydroxylation is 2. The molecule has 0 amide bonds. The second-order valence-electron chi connectivity index (χ2n) is 14.2. The Morgan fingerprint density at radius 1 is 0.383 bits per heavy atom. The Bertz CT molecular complexity index is 839. The van der Waals surface area contributed by atoms with Gasteiger partial charge in [0, 0.05) is 0 Å². The van der Waals surface area contributed by atoms with Gasteiger partial charge in [0.2, 0.25) is 12.7 Å². The second kappa shape index (κ2) is 31.6. The van der Waals surface area contributed by atoms with Gasteiger partial charge in [0.25, 0.3) is 0 Å². The summed E-state index contributed by atoms with van der Waals surface area (Å²) in [7, 11) is 0. The smallest absolute Gasteiger partial charge is 0.245 e. The Balaban J connectivity index is 1.32. The minimum Gasteiger partial charge on any atom is -0.342 e. The van der Waals surface area contributed by atoms with Gasteiger partial charge in [-0.3, -0.25) is 0 Å². The predicted molar refractivity (Wildman–Crippen MR) is 197 cm³/mol. The first kappa shape index (κ1) is 41.5. The molecule has 0 aliphatic carbocycles. The first-order valence-electron chi connectivity index (χ1n) is 20.6. The van der Waals surface area contributed by atoms with Crippen molar-refractivity contribution in [3.8, 4) is 0 Å². The van der Waals surface area contributed by atoms with Crippen molar-refractivity contribution in [3.63, 3.8) is 0 Å². The highest BCUT2D eigenvalue weighted by Gasteiger charge is 2.05. The van der Waals surface area contributed by atoms with Gasteiger partial charge in [0.15, 0.2) is 13.5 Å². The molecule has 0 aliphatic rings. The third kappa shape index (κ3) is 25.0. The maximum absolute atomic E-state index is 5.91. The van der Waals surface area contributed by atoms with E-state index in [4.69, 9.17) is 9.47 Å². The Morgan fingerprint density at radius 2 is 0.681 bits per heavy atom. The van der Waals surface area contributed by atoms with E-state index in [0.717, 1.165) is 45.6 Å². The molecule has 2 rings (SSSR count). The van der Waals surface area contributed by atoms with E-state index in [1.807, 2.05) is 0 Å². The molecular formula is C41H78N4O2+2. The monoisotopic (exact) mass is 659 g/mol. The highest BCUT2D eigenvalue weighted by atomic mass is 16.5. The zero-order chi connectivity index (χ0) is 33.3. The van der Waals surface area contributed by atoms with Crippen LogP contribution in [0.25, 0.3) is 0 Å². The van der Waals surface area contributed by atoms with E-state index in [1.54, 1.807) is 0 Å². The van der Waals surface area contributed by atoms with Crippen LogP contribution in [0.1, 0.15) is 187 Å². The number of rotatable bonds is 36. The molecule has 2 aromatic rings. The normalized spacial score (nSPS) is 11.6. The highest BCUT2D eigenvalue weighted by molar-refractivity contribution is 4.67. The molecule has 0 radical (unpaired) electrons. The summed E-state index contributed by atoms with van der Waals surface area (Å²) < 4.78 is 20.8. The summed E-state index contributed by atoms with van der Waals surface area (Å²) >= 11 is 0. The zero-order valence-corrected chi connectivity index (χ0v) is 31.4. The van der Waals surface area contributed by atoms with Gasteiger partial charge in [-0.05, 0) is 44.9 Å². The number of ether oxygens (including phenoxy) is 2. The maximum Gasteiger partial charge on any atom is 0.245 e. The molecule has 0 atom stereocenters. The van der Waals surface area contributed by atoms with Crippen molar-refractivity contribution in [2.75, 3.05) is 13.2 Å². The highest BCUT2D eigenvalue weighted by Crippen LogP contribution is 2.13. The molecule has 47 heavy (non-hydrogen) atoms. The molecule has 0 saturated heterocycles. The van der Waals surface area contributed by atoms with Crippen LogP contribution in [0, 0.1) is 0 Å². The molecule has 0 fully saturated rings. The number of hydrogen-bond donors (Lipinski definition) is 0. The van der Waals surface area contributed by atoms with Gasteiger partial charge >= 0.3 is 0 Å². The van der Waals surface area contributed by atoms with Crippen LogP contribution >= 0.6 is 0 Å². The summed E-state index contributed by atoms with van der Waals surface area (Å²) in [6, 6.07) is 0. The molecule has 0 bridgehead atoms. The van der Waals surface area contributed by atoms with E-state index in [0.29, 0.717) is 13.5 Å². The fraction of sp³-hybridized carbons (Fsp3) is 0.854. The van der Waals surface area contributed by atoms with Crippen molar-refractivity contribution in [2.45, 2.75) is 214 Å². The Kier molecular flexibility index (Phi) is 27.9. The molecule has 0 saturated carbocycles. The van der Waals surface area contributed by atoms with Crippen LogP contribution in [-0.2, 0) is 36.0 Å². The molecule has 0 aromatic carbocycles. The molecule has 0 unspecified atom stereocenters. The molecule has 0 N–H and O–H groups in total. The van der Waals surface area contributed by atoms with Crippen LogP contribution in [0.15, 0.2) is 37.4 Å². The van der Waals surface area contributed by atoms with Crippen LogP contribution in [0.4, 0.5) is 0 Å². The van der Waals surface area contributed by atoms with Gasteiger partial charge < -0.3 is 9.47 Å². The lowest BCUT2D eigenvalue weighted by Gasteiger charge is -2.03. The summed E-state index contributed by atoms with van der Waals surface area (Å²) in [6.07, 6.45) is 50.0. The van der Waals surface area contributed by atoms with Crippen LogP contribution in [0.5, 0.6) is 0 Å². The standard InChI is InChI=1S/C41H78N4O2/c1-3-5-7-9-11-13-15-17-19-21-23-26-30-42-32-34-44(38-42)40-46-36-28-25-29-37-47-41-45-35-33-43(39-45)31-27-24-22-20-18-16-14-12-10-8-6-4-2/h32-35,38-39H,3-31,36-37,40-41H2,1-2H3/q+2.